The molecule has 0 bridgehead atoms. The van der Waals surface area contributed by atoms with E-state index < -0.39 is 6.10 Å². The Hall–Kier alpha value is -2.72. The Morgan fingerprint density at radius 1 is 0.875 bits per heavy atom. The van der Waals surface area contributed by atoms with Gasteiger partial charge in [-0.15, -0.1) is 0 Å². The van der Waals surface area contributed by atoms with Crippen LogP contribution in [0.5, 0.6) is 5.75 Å². The van der Waals surface area contributed by atoms with Gasteiger partial charge in [0.25, 0.3) is 0 Å². The van der Waals surface area contributed by atoms with Gasteiger partial charge >= 0.3 is 0 Å². The summed E-state index contributed by atoms with van der Waals surface area (Å²) >= 11 is 0. The largest absolute Gasteiger partial charge is 0.491 e. The number of ether oxygens (including phenoxy) is 1. The minimum Gasteiger partial charge on any atom is -0.491 e. The lowest BCUT2D eigenvalue weighted by molar-refractivity contribution is 0.100. The van der Waals surface area contributed by atoms with Crippen molar-refractivity contribution < 1.29 is 9.84 Å². The van der Waals surface area contributed by atoms with Crippen molar-refractivity contribution >= 4 is 0 Å². The van der Waals surface area contributed by atoms with Gasteiger partial charge in [0.2, 0.25) is 0 Å². The van der Waals surface area contributed by atoms with Crippen LogP contribution in [0.4, 0.5) is 0 Å². The quantitative estimate of drug-likeness (QED) is 0.724. The molecule has 0 saturated heterocycles. The highest BCUT2D eigenvalue weighted by atomic mass is 16.5. The summed E-state index contributed by atoms with van der Waals surface area (Å²) in [4.78, 5) is 0. The van der Waals surface area contributed by atoms with Crippen molar-refractivity contribution in [3.05, 3.63) is 78.6 Å². The molecule has 1 aromatic heterocycles. The second-order valence-corrected chi connectivity index (χ2v) is 5.64. The number of aryl methyl sites for hydroxylation is 1. The average molecular weight is 320 g/mol. The fourth-order valence-electron chi connectivity index (χ4n) is 2.45. The first-order valence-electron chi connectivity index (χ1n) is 8.03. The first-order chi connectivity index (χ1) is 11.8. The third-order valence-electron chi connectivity index (χ3n) is 3.82. The Balaban J connectivity index is 1.48. The molecule has 4 nitrogen and oxygen atoms in total. The smallest absolute Gasteiger partial charge is 0.119 e. The monoisotopic (exact) mass is 320 g/mol. The standard InChI is InChI=1S/C20H20N2O2/c23-19(9-6-16-12-13-21-22-14-16)15-24-20-10-7-18(8-11-20)17-4-2-1-3-5-17/h1-5,7-8,10-14,19,23H,6,9,15H2. The maximum absolute atomic E-state index is 10.0. The van der Waals surface area contributed by atoms with Gasteiger partial charge in [-0.25, -0.2) is 0 Å². The minimum absolute atomic E-state index is 0.281. The maximum Gasteiger partial charge on any atom is 0.119 e. The van der Waals surface area contributed by atoms with E-state index in [1.165, 1.54) is 5.56 Å². The number of benzene rings is 2. The minimum atomic E-state index is -0.507. The van der Waals surface area contributed by atoms with Crippen LogP contribution in [0.1, 0.15) is 12.0 Å². The van der Waals surface area contributed by atoms with E-state index in [9.17, 15) is 5.11 Å². The van der Waals surface area contributed by atoms with Crippen molar-refractivity contribution in [1.82, 2.24) is 10.2 Å². The molecule has 1 N–H and O–H groups in total. The molecule has 0 aliphatic rings. The van der Waals surface area contributed by atoms with Gasteiger partial charge < -0.3 is 9.84 Å². The second-order valence-electron chi connectivity index (χ2n) is 5.64. The summed E-state index contributed by atoms with van der Waals surface area (Å²) in [5.74, 6) is 0.763. The van der Waals surface area contributed by atoms with Crippen LogP contribution in [0, 0.1) is 0 Å². The molecule has 122 valence electrons. The topological polar surface area (TPSA) is 55.2 Å². The molecule has 1 atom stereocenters. The molecule has 0 aliphatic heterocycles. The number of aliphatic hydroxyl groups excluding tert-OH is 1. The summed E-state index contributed by atoms with van der Waals surface area (Å²) in [6.07, 6.45) is 4.26. The molecule has 3 aromatic rings. The van der Waals surface area contributed by atoms with E-state index in [1.807, 2.05) is 48.5 Å². The summed E-state index contributed by atoms with van der Waals surface area (Å²) in [5, 5.41) is 17.6. The summed E-state index contributed by atoms with van der Waals surface area (Å²) in [6.45, 7) is 0.281. The van der Waals surface area contributed by atoms with E-state index in [1.54, 1.807) is 12.4 Å². The van der Waals surface area contributed by atoms with E-state index in [4.69, 9.17) is 4.74 Å². The SMILES string of the molecule is OC(CCc1ccnnc1)COc1ccc(-c2ccccc2)cc1. The highest BCUT2D eigenvalue weighted by molar-refractivity contribution is 5.63. The van der Waals surface area contributed by atoms with Gasteiger partial charge in [0.1, 0.15) is 12.4 Å². The number of nitrogens with zero attached hydrogens (tertiary/aromatic N) is 2. The zero-order chi connectivity index (χ0) is 16.6. The lowest BCUT2D eigenvalue weighted by Crippen LogP contribution is -2.18. The van der Waals surface area contributed by atoms with Crippen LogP contribution in [0.15, 0.2) is 73.1 Å². The molecule has 2 aromatic carbocycles. The summed E-state index contributed by atoms with van der Waals surface area (Å²) in [7, 11) is 0. The van der Waals surface area contributed by atoms with Crippen LogP contribution in [0.25, 0.3) is 11.1 Å². The van der Waals surface area contributed by atoms with Gasteiger partial charge in [-0.05, 0) is 47.7 Å². The van der Waals surface area contributed by atoms with Crippen molar-refractivity contribution in [2.45, 2.75) is 18.9 Å². The van der Waals surface area contributed by atoms with E-state index in [0.29, 0.717) is 6.42 Å². The number of rotatable bonds is 7. The molecule has 0 aliphatic carbocycles. The molecule has 0 saturated carbocycles. The molecule has 1 unspecified atom stereocenters. The first-order valence-corrected chi connectivity index (χ1v) is 8.03. The molecule has 0 fully saturated rings. The third-order valence-corrected chi connectivity index (χ3v) is 3.82. The number of hydrogen-bond acceptors (Lipinski definition) is 4. The zero-order valence-electron chi connectivity index (χ0n) is 13.4. The van der Waals surface area contributed by atoms with Crippen LogP contribution in [-0.2, 0) is 6.42 Å². The average Bonchev–Trinajstić information content (AvgIpc) is 2.67. The summed E-state index contributed by atoms with van der Waals surface area (Å²) in [6, 6.07) is 20.0. The fraction of sp³-hybridized carbons (Fsp3) is 0.200. The fourth-order valence-corrected chi connectivity index (χ4v) is 2.45. The van der Waals surface area contributed by atoms with Crippen LogP contribution in [0.3, 0.4) is 0 Å². The van der Waals surface area contributed by atoms with Crippen molar-refractivity contribution in [2.75, 3.05) is 6.61 Å². The van der Waals surface area contributed by atoms with Gasteiger partial charge in [0.15, 0.2) is 0 Å². The Bertz CT molecular complexity index is 731. The molecule has 4 heteroatoms. The van der Waals surface area contributed by atoms with E-state index in [0.717, 1.165) is 23.3 Å². The Labute approximate surface area is 141 Å². The normalized spacial score (nSPS) is 11.9. The highest BCUT2D eigenvalue weighted by Gasteiger charge is 2.06. The molecule has 24 heavy (non-hydrogen) atoms. The van der Waals surface area contributed by atoms with Crippen LogP contribution in [0.2, 0.25) is 0 Å². The van der Waals surface area contributed by atoms with Gasteiger partial charge in [-0.3, -0.25) is 0 Å². The van der Waals surface area contributed by atoms with Crippen molar-refractivity contribution in [3.8, 4) is 16.9 Å². The molecular formula is C20H20N2O2. The van der Waals surface area contributed by atoms with Gasteiger partial charge in [0, 0.05) is 6.20 Å². The molecular weight excluding hydrogens is 300 g/mol. The predicted octanol–water partition coefficient (Wildman–Crippen LogP) is 3.52. The summed E-state index contributed by atoms with van der Waals surface area (Å²) in [5.41, 5.74) is 3.39. The van der Waals surface area contributed by atoms with E-state index >= 15 is 0 Å². The summed E-state index contributed by atoms with van der Waals surface area (Å²) < 4.78 is 5.67. The molecule has 1 heterocycles. The van der Waals surface area contributed by atoms with Gasteiger partial charge in [-0.2, -0.15) is 10.2 Å². The predicted molar refractivity (Wildman–Crippen MR) is 93.7 cm³/mol. The van der Waals surface area contributed by atoms with Crippen molar-refractivity contribution in [3.63, 3.8) is 0 Å². The Kier molecular flexibility index (Phi) is 5.53. The van der Waals surface area contributed by atoms with E-state index in [-0.39, 0.29) is 6.61 Å². The van der Waals surface area contributed by atoms with E-state index in [2.05, 4.69) is 22.3 Å². The lowest BCUT2D eigenvalue weighted by Gasteiger charge is -2.12. The lowest BCUT2D eigenvalue weighted by atomic mass is 10.1. The highest BCUT2D eigenvalue weighted by Crippen LogP contribution is 2.22. The van der Waals surface area contributed by atoms with Gasteiger partial charge in [0.05, 0.1) is 12.3 Å². The number of aromatic nitrogens is 2. The second kappa shape index (κ2) is 8.22. The zero-order valence-corrected chi connectivity index (χ0v) is 13.4. The number of aliphatic hydroxyl groups is 1. The molecule has 0 spiro atoms. The van der Waals surface area contributed by atoms with Crippen LogP contribution in [-0.4, -0.2) is 28.0 Å². The Morgan fingerprint density at radius 2 is 1.62 bits per heavy atom. The van der Waals surface area contributed by atoms with Crippen LogP contribution < -0.4 is 4.74 Å². The maximum atomic E-state index is 10.0. The van der Waals surface area contributed by atoms with Crippen molar-refractivity contribution in [2.24, 2.45) is 0 Å². The first kappa shape index (κ1) is 16.1. The van der Waals surface area contributed by atoms with Gasteiger partial charge in [-0.1, -0.05) is 42.5 Å². The number of hydrogen-bond donors (Lipinski definition) is 1. The van der Waals surface area contributed by atoms with Crippen molar-refractivity contribution in [1.29, 1.82) is 0 Å². The molecule has 0 amide bonds. The Morgan fingerprint density at radius 3 is 2.33 bits per heavy atom. The van der Waals surface area contributed by atoms with Crippen LogP contribution >= 0.6 is 0 Å². The molecule has 0 radical (unpaired) electrons. The molecule has 3 rings (SSSR count). The third kappa shape index (κ3) is 4.64.